The molecular formula is C12H13N3O4S. The Balaban J connectivity index is 2.34. The number of rotatable bonds is 6. The first kappa shape index (κ1) is 14.2. The largest absolute Gasteiger partial charge is 0.481 e. The number of aliphatic carboxylic acids is 2. The topological polar surface area (TPSA) is 112 Å². The number of hydrogen-bond acceptors (Lipinski definition) is 6. The van der Waals surface area contributed by atoms with Crippen molar-refractivity contribution in [3.8, 4) is 0 Å². The summed E-state index contributed by atoms with van der Waals surface area (Å²) < 4.78 is 0. The van der Waals surface area contributed by atoms with Gasteiger partial charge in [0.15, 0.2) is 0 Å². The molecule has 0 aromatic carbocycles. The number of anilines is 1. The molecule has 0 saturated carbocycles. The predicted molar refractivity (Wildman–Crippen MR) is 74.1 cm³/mol. The van der Waals surface area contributed by atoms with Gasteiger partial charge in [0, 0.05) is 4.88 Å². The summed E-state index contributed by atoms with van der Waals surface area (Å²) in [5.74, 6) is -2.07. The van der Waals surface area contributed by atoms with Gasteiger partial charge in [0.2, 0.25) is 0 Å². The minimum Gasteiger partial charge on any atom is -0.481 e. The Morgan fingerprint density at radius 1 is 1.40 bits per heavy atom. The molecule has 8 heteroatoms. The number of aryl methyl sites for hydroxylation is 1. The number of carbonyl (C=O) groups is 2. The standard InChI is InChI=1S/C12H13N3O4S/c1-2-6-3-7-10(13-5-14-11(7)20-6)15-8(12(18)19)4-9(16)17/h3,5,8H,2,4H2,1H3,(H,16,17)(H,18,19)(H,13,14,15). The third-order valence-electron chi connectivity index (χ3n) is 2.72. The fourth-order valence-electron chi connectivity index (χ4n) is 1.73. The number of thiophene rings is 1. The second-order valence-electron chi connectivity index (χ2n) is 4.14. The minimum atomic E-state index is -1.23. The minimum absolute atomic E-state index is 0.347. The zero-order chi connectivity index (χ0) is 14.7. The van der Waals surface area contributed by atoms with Gasteiger partial charge in [0.1, 0.15) is 23.0 Å². The molecule has 2 aromatic heterocycles. The van der Waals surface area contributed by atoms with Crippen LogP contribution in [0.1, 0.15) is 18.2 Å². The number of fused-ring (bicyclic) bond motifs is 1. The summed E-state index contributed by atoms with van der Waals surface area (Å²) in [6, 6.07) is 0.665. The van der Waals surface area contributed by atoms with Crippen LogP contribution in [0, 0.1) is 0 Å². The van der Waals surface area contributed by atoms with E-state index in [0.29, 0.717) is 11.2 Å². The van der Waals surface area contributed by atoms with E-state index in [1.54, 1.807) is 0 Å². The summed E-state index contributed by atoms with van der Waals surface area (Å²) in [5.41, 5.74) is 0. The van der Waals surface area contributed by atoms with E-state index < -0.39 is 24.4 Å². The molecule has 0 fully saturated rings. The van der Waals surface area contributed by atoms with Crippen molar-refractivity contribution in [1.29, 1.82) is 0 Å². The highest BCUT2D eigenvalue weighted by molar-refractivity contribution is 7.18. The van der Waals surface area contributed by atoms with Crippen LogP contribution in [-0.4, -0.2) is 38.2 Å². The van der Waals surface area contributed by atoms with Gasteiger partial charge in [0.05, 0.1) is 11.8 Å². The smallest absolute Gasteiger partial charge is 0.326 e. The molecule has 2 rings (SSSR count). The molecule has 0 aliphatic heterocycles. The third kappa shape index (κ3) is 3.02. The van der Waals surface area contributed by atoms with E-state index in [1.165, 1.54) is 17.7 Å². The molecule has 0 amide bonds. The number of aromatic nitrogens is 2. The highest BCUT2D eigenvalue weighted by Crippen LogP contribution is 2.28. The van der Waals surface area contributed by atoms with Gasteiger partial charge in [-0.1, -0.05) is 6.92 Å². The monoisotopic (exact) mass is 295 g/mol. The average Bonchev–Trinajstić information content (AvgIpc) is 2.81. The van der Waals surface area contributed by atoms with Crippen LogP contribution in [0.15, 0.2) is 12.4 Å². The molecule has 106 valence electrons. The highest BCUT2D eigenvalue weighted by Gasteiger charge is 2.22. The van der Waals surface area contributed by atoms with E-state index in [0.717, 1.165) is 16.1 Å². The predicted octanol–water partition coefficient (Wildman–Crippen LogP) is 1.59. The second-order valence-corrected chi connectivity index (χ2v) is 5.26. The van der Waals surface area contributed by atoms with Crippen LogP contribution < -0.4 is 5.32 Å². The van der Waals surface area contributed by atoms with Crippen LogP contribution in [0.5, 0.6) is 0 Å². The molecule has 1 unspecified atom stereocenters. The van der Waals surface area contributed by atoms with E-state index in [1.807, 2.05) is 13.0 Å². The molecular weight excluding hydrogens is 282 g/mol. The molecule has 0 radical (unpaired) electrons. The fraction of sp³-hybridized carbons (Fsp3) is 0.333. The van der Waals surface area contributed by atoms with Crippen LogP contribution in [0.2, 0.25) is 0 Å². The lowest BCUT2D eigenvalue weighted by Gasteiger charge is -2.13. The summed E-state index contributed by atoms with van der Waals surface area (Å²) in [6.45, 7) is 2.01. The van der Waals surface area contributed by atoms with Gasteiger partial charge in [-0.25, -0.2) is 14.8 Å². The van der Waals surface area contributed by atoms with Gasteiger partial charge < -0.3 is 15.5 Å². The molecule has 1 atom stereocenters. The van der Waals surface area contributed by atoms with E-state index in [2.05, 4.69) is 15.3 Å². The van der Waals surface area contributed by atoms with Crippen LogP contribution >= 0.6 is 11.3 Å². The Labute approximate surface area is 118 Å². The first-order valence-electron chi connectivity index (χ1n) is 5.95. The number of hydrogen-bond donors (Lipinski definition) is 3. The first-order valence-corrected chi connectivity index (χ1v) is 6.77. The molecule has 7 nitrogen and oxygen atoms in total. The molecule has 0 bridgehead atoms. The normalized spacial score (nSPS) is 12.2. The van der Waals surface area contributed by atoms with Crippen molar-refractivity contribution >= 4 is 39.3 Å². The Bertz CT molecular complexity index is 655. The van der Waals surface area contributed by atoms with Crippen molar-refractivity contribution in [1.82, 2.24) is 9.97 Å². The number of nitrogens with zero attached hydrogens (tertiary/aromatic N) is 2. The van der Waals surface area contributed by atoms with Crippen LogP contribution in [0.4, 0.5) is 5.82 Å². The molecule has 2 aromatic rings. The highest BCUT2D eigenvalue weighted by atomic mass is 32.1. The van der Waals surface area contributed by atoms with E-state index in [9.17, 15) is 9.59 Å². The fourth-order valence-corrected chi connectivity index (χ4v) is 2.67. The first-order chi connectivity index (χ1) is 9.51. The molecule has 20 heavy (non-hydrogen) atoms. The van der Waals surface area contributed by atoms with Crippen molar-refractivity contribution in [3.63, 3.8) is 0 Å². The van der Waals surface area contributed by atoms with Gasteiger partial charge in [-0.15, -0.1) is 11.3 Å². The van der Waals surface area contributed by atoms with Crippen LogP contribution in [0.25, 0.3) is 10.2 Å². The zero-order valence-electron chi connectivity index (χ0n) is 10.7. The lowest BCUT2D eigenvalue weighted by atomic mass is 10.2. The summed E-state index contributed by atoms with van der Waals surface area (Å²) in [5, 5.41) is 21.2. The second kappa shape index (κ2) is 5.83. The number of carboxylic acid groups (broad SMARTS) is 2. The summed E-state index contributed by atoms with van der Waals surface area (Å²) >= 11 is 1.51. The zero-order valence-corrected chi connectivity index (χ0v) is 11.5. The number of carboxylic acids is 2. The quantitative estimate of drug-likeness (QED) is 0.741. The maximum atomic E-state index is 11.1. The van der Waals surface area contributed by atoms with E-state index in [-0.39, 0.29) is 0 Å². The van der Waals surface area contributed by atoms with Crippen LogP contribution in [0.3, 0.4) is 0 Å². The van der Waals surface area contributed by atoms with Gasteiger partial charge in [-0.2, -0.15) is 0 Å². The third-order valence-corrected chi connectivity index (χ3v) is 3.90. The average molecular weight is 295 g/mol. The van der Waals surface area contributed by atoms with Gasteiger partial charge in [0.25, 0.3) is 0 Å². The summed E-state index contributed by atoms with van der Waals surface area (Å²) in [4.78, 5) is 31.7. The van der Waals surface area contributed by atoms with Crippen molar-refractivity contribution < 1.29 is 19.8 Å². The molecule has 0 spiro atoms. The summed E-state index contributed by atoms with van der Waals surface area (Å²) in [6.07, 6.45) is 1.66. The van der Waals surface area contributed by atoms with Crippen molar-refractivity contribution in [2.24, 2.45) is 0 Å². The van der Waals surface area contributed by atoms with E-state index in [4.69, 9.17) is 10.2 Å². The molecule has 0 aliphatic rings. The SMILES string of the molecule is CCc1cc2c(NC(CC(=O)O)C(=O)O)ncnc2s1. The van der Waals surface area contributed by atoms with Crippen molar-refractivity contribution in [3.05, 3.63) is 17.3 Å². The van der Waals surface area contributed by atoms with Gasteiger partial charge >= 0.3 is 11.9 Å². The molecule has 0 saturated heterocycles. The Hall–Kier alpha value is -2.22. The summed E-state index contributed by atoms with van der Waals surface area (Å²) in [7, 11) is 0. The lowest BCUT2D eigenvalue weighted by Crippen LogP contribution is -2.32. The lowest BCUT2D eigenvalue weighted by molar-refractivity contribution is -0.144. The van der Waals surface area contributed by atoms with Crippen LogP contribution in [-0.2, 0) is 16.0 Å². The Morgan fingerprint density at radius 3 is 2.75 bits per heavy atom. The molecule has 2 heterocycles. The number of nitrogens with one attached hydrogen (secondary N) is 1. The molecule has 3 N–H and O–H groups in total. The van der Waals surface area contributed by atoms with Gasteiger partial charge in [-0.3, -0.25) is 4.79 Å². The maximum Gasteiger partial charge on any atom is 0.326 e. The van der Waals surface area contributed by atoms with Crippen molar-refractivity contribution in [2.75, 3.05) is 5.32 Å². The Kier molecular flexibility index (Phi) is 4.14. The van der Waals surface area contributed by atoms with Crippen molar-refractivity contribution in [2.45, 2.75) is 25.8 Å². The van der Waals surface area contributed by atoms with E-state index >= 15 is 0 Å². The molecule has 0 aliphatic carbocycles. The van der Waals surface area contributed by atoms with Gasteiger partial charge in [-0.05, 0) is 12.5 Å². The Morgan fingerprint density at radius 2 is 2.15 bits per heavy atom. The maximum absolute atomic E-state index is 11.1.